The molecule has 0 saturated heterocycles. The predicted molar refractivity (Wildman–Crippen MR) is 61.1 cm³/mol. The summed E-state index contributed by atoms with van der Waals surface area (Å²) in [5, 5.41) is 0.321. The van der Waals surface area contributed by atoms with Gasteiger partial charge in [-0.3, -0.25) is 9.00 Å². The van der Waals surface area contributed by atoms with Crippen molar-refractivity contribution in [2.24, 2.45) is 5.92 Å². The maximum atomic E-state index is 11.9. The molecular formula is C11H20O3S. The Morgan fingerprint density at radius 2 is 2.07 bits per heavy atom. The van der Waals surface area contributed by atoms with E-state index in [1.165, 1.54) is 12.8 Å². The summed E-state index contributed by atoms with van der Waals surface area (Å²) in [5.74, 6) is 0.0129. The van der Waals surface area contributed by atoms with Gasteiger partial charge in [-0.1, -0.05) is 19.8 Å². The lowest BCUT2D eigenvalue weighted by Gasteiger charge is -2.13. The van der Waals surface area contributed by atoms with Crippen molar-refractivity contribution in [2.75, 3.05) is 12.4 Å². The quantitative estimate of drug-likeness (QED) is 0.680. The van der Waals surface area contributed by atoms with Crippen molar-refractivity contribution in [3.8, 4) is 0 Å². The molecule has 2 atom stereocenters. The number of carbonyl (C=O) groups excluding carboxylic acids is 1. The maximum Gasteiger partial charge on any atom is 0.309 e. The van der Waals surface area contributed by atoms with Crippen molar-refractivity contribution in [1.82, 2.24) is 0 Å². The van der Waals surface area contributed by atoms with E-state index in [1.807, 2.05) is 0 Å². The summed E-state index contributed by atoms with van der Waals surface area (Å²) in [6.07, 6.45) is 4.48. The second-order valence-corrected chi connectivity index (χ2v) is 5.87. The van der Waals surface area contributed by atoms with E-state index in [9.17, 15) is 9.00 Å². The summed E-state index contributed by atoms with van der Waals surface area (Å²) in [4.78, 5) is 11.3. The van der Waals surface area contributed by atoms with Crippen molar-refractivity contribution >= 4 is 16.8 Å². The van der Waals surface area contributed by atoms with Gasteiger partial charge in [0.15, 0.2) is 0 Å². The van der Waals surface area contributed by atoms with E-state index in [-0.39, 0.29) is 11.9 Å². The first-order valence-electron chi connectivity index (χ1n) is 5.69. The highest BCUT2D eigenvalue weighted by Crippen LogP contribution is 2.24. The summed E-state index contributed by atoms with van der Waals surface area (Å²) >= 11 is 0. The minimum Gasteiger partial charge on any atom is -0.466 e. The average molecular weight is 232 g/mol. The van der Waals surface area contributed by atoms with Gasteiger partial charge in [-0.15, -0.1) is 0 Å². The molecule has 0 heterocycles. The van der Waals surface area contributed by atoms with Gasteiger partial charge in [-0.25, -0.2) is 0 Å². The van der Waals surface area contributed by atoms with E-state index >= 15 is 0 Å². The van der Waals surface area contributed by atoms with Crippen molar-refractivity contribution in [2.45, 2.75) is 44.8 Å². The standard InChI is InChI=1S/C11H20O3S/c1-3-14-11(12)9(2)8-15(13)10-6-4-5-7-10/h9-10H,3-8H2,1-2H3. The molecule has 0 aromatic heterocycles. The van der Waals surface area contributed by atoms with Gasteiger partial charge < -0.3 is 4.74 Å². The minimum absolute atomic E-state index is 0.219. The summed E-state index contributed by atoms with van der Waals surface area (Å²) in [6.45, 7) is 3.99. The van der Waals surface area contributed by atoms with Crippen LogP contribution in [0, 0.1) is 5.92 Å². The van der Waals surface area contributed by atoms with Crippen LogP contribution in [0.1, 0.15) is 39.5 Å². The van der Waals surface area contributed by atoms with Crippen LogP contribution in [-0.4, -0.2) is 27.8 Å². The first kappa shape index (κ1) is 12.7. The summed E-state index contributed by atoms with van der Waals surface area (Å²) in [6, 6.07) is 0. The van der Waals surface area contributed by atoms with E-state index in [0.29, 0.717) is 17.6 Å². The number of rotatable bonds is 5. The van der Waals surface area contributed by atoms with Gasteiger partial charge >= 0.3 is 5.97 Å². The summed E-state index contributed by atoms with van der Waals surface area (Å²) in [5.41, 5.74) is 0. The number of hydrogen-bond acceptors (Lipinski definition) is 3. The minimum atomic E-state index is -0.850. The lowest BCUT2D eigenvalue weighted by molar-refractivity contribution is -0.146. The van der Waals surface area contributed by atoms with Gasteiger partial charge in [0.05, 0.1) is 12.5 Å². The third-order valence-corrected chi connectivity index (χ3v) is 4.82. The lowest BCUT2D eigenvalue weighted by atomic mass is 10.2. The highest BCUT2D eigenvalue weighted by molar-refractivity contribution is 7.85. The Morgan fingerprint density at radius 3 is 2.60 bits per heavy atom. The summed E-state index contributed by atoms with van der Waals surface area (Å²) < 4.78 is 16.8. The fraction of sp³-hybridized carbons (Fsp3) is 0.909. The molecule has 4 heteroatoms. The molecule has 2 unspecified atom stereocenters. The number of carbonyl (C=O) groups is 1. The van der Waals surface area contributed by atoms with E-state index in [2.05, 4.69) is 0 Å². The Kier molecular flexibility index (Phi) is 5.29. The van der Waals surface area contributed by atoms with Crippen molar-refractivity contribution in [3.63, 3.8) is 0 Å². The molecule has 1 aliphatic carbocycles. The Hall–Kier alpha value is -0.380. The van der Waals surface area contributed by atoms with Gasteiger partial charge in [0.2, 0.25) is 0 Å². The molecule has 15 heavy (non-hydrogen) atoms. The molecule has 0 aliphatic heterocycles. The zero-order chi connectivity index (χ0) is 11.3. The van der Waals surface area contributed by atoms with Gasteiger partial charge in [0.25, 0.3) is 0 Å². The smallest absolute Gasteiger partial charge is 0.309 e. The molecule has 0 aromatic carbocycles. The normalized spacial score (nSPS) is 21.2. The van der Waals surface area contributed by atoms with E-state index < -0.39 is 10.8 Å². The van der Waals surface area contributed by atoms with Gasteiger partial charge in [0.1, 0.15) is 0 Å². The fourth-order valence-electron chi connectivity index (χ4n) is 1.89. The average Bonchev–Trinajstić information content (AvgIpc) is 2.70. The molecule has 88 valence electrons. The van der Waals surface area contributed by atoms with E-state index in [1.54, 1.807) is 13.8 Å². The highest BCUT2D eigenvalue weighted by atomic mass is 32.2. The van der Waals surface area contributed by atoms with Crippen LogP contribution < -0.4 is 0 Å². The van der Waals surface area contributed by atoms with Crippen molar-refractivity contribution in [3.05, 3.63) is 0 Å². The molecule has 1 aliphatic rings. The van der Waals surface area contributed by atoms with Crippen LogP contribution in [-0.2, 0) is 20.3 Å². The van der Waals surface area contributed by atoms with Crippen LogP contribution in [0.25, 0.3) is 0 Å². The van der Waals surface area contributed by atoms with Crippen molar-refractivity contribution in [1.29, 1.82) is 0 Å². The molecule has 0 bridgehead atoms. The van der Waals surface area contributed by atoms with Crippen LogP contribution in [0.5, 0.6) is 0 Å². The molecule has 0 amide bonds. The Morgan fingerprint density at radius 1 is 1.47 bits per heavy atom. The SMILES string of the molecule is CCOC(=O)C(C)CS(=O)C1CCCC1. The fourth-order valence-corrected chi connectivity index (χ4v) is 3.65. The third kappa shape index (κ3) is 3.93. The van der Waals surface area contributed by atoms with Crippen LogP contribution in [0.15, 0.2) is 0 Å². The second kappa shape index (κ2) is 6.26. The molecule has 1 saturated carbocycles. The maximum absolute atomic E-state index is 11.9. The Bertz CT molecular complexity index is 234. The molecule has 1 fully saturated rings. The van der Waals surface area contributed by atoms with Gasteiger partial charge in [0, 0.05) is 21.8 Å². The molecule has 1 rings (SSSR count). The topological polar surface area (TPSA) is 43.4 Å². The first-order valence-corrected chi connectivity index (χ1v) is 7.07. The van der Waals surface area contributed by atoms with Crippen molar-refractivity contribution < 1.29 is 13.7 Å². The molecule has 0 spiro atoms. The van der Waals surface area contributed by atoms with Crippen LogP contribution in [0.3, 0.4) is 0 Å². The number of hydrogen-bond donors (Lipinski definition) is 0. The Balaban J connectivity index is 2.33. The summed E-state index contributed by atoms with van der Waals surface area (Å²) in [7, 11) is -0.850. The number of esters is 1. The van der Waals surface area contributed by atoms with Crippen LogP contribution in [0.2, 0.25) is 0 Å². The second-order valence-electron chi connectivity index (χ2n) is 4.11. The van der Waals surface area contributed by atoms with E-state index in [0.717, 1.165) is 12.8 Å². The molecule has 0 N–H and O–H groups in total. The zero-order valence-corrected chi connectivity index (χ0v) is 10.3. The van der Waals surface area contributed by atoms with Crippen LogP contribution >= 0.6 is 0 Å². The number of ether oxygens (including phenoxy) is 1. The molecule has 0 aromatic rings. The van der Waals surface area contributed by atoms with E-state index in [4.69, 9.17) is 4.74 Å². The zero-order valence-electron chi connectivity index (χ0n) is 9.53. The molecule has 3 nitrogen and oxygen atoms in total. The first-order chi connectivity index (χ1) is 7.15. The third-order valence-electron chi connectivity index (χ3n) is 2.78. The van der Waals surface area contributed by atoms with Crippen LogP contribution in [0.4, 0.5) is 0 Å². The monoisotopic (exact) mass is 232 g/mol. The van der Waals surface area contributed by atoms with Gasteiger partial charge in [-0.2, -0.15) is 0 Å². The lowest BCUT2D eigenvalue weighted by Crippen LogP contribution is -2.24. The predicted octanol–water partition coefficient (Wildman–Crippen LogP) is 1.88. The molecular weight excluding hydrogens is 212 g/mol. The molecule has 0 radical (unpaired) electrons. The highest BCUT2D eigenvalue weighted by Gasteiger charge is 2.25. The largest absolute Gasteiger partial charge is 0.466 e. The Labute approximate surface area is 94.0 Å². The van der Waals surface area contributed by atoms with Gasteiger partial charge in [-0.05, 0) is 19.8 Å².